The van der Waals surface area contributed by atoms with Gasteiger partial charge in [-0.2, -0.15) is 0 Å². The number of benzene rings is 1. The van der Waals surface area contributed by atoms with Crippen molar-refractivity contribution >= 4 is 11.9 Å². The van der Waals surface area contributed by atoms with Crippen LogP contribution in [0.3, 0.4) is 0 Å². The summed E-state index contributed by atoms with van der Waals surface area (Å²) in [5.74, 6) is -1.47. The van der Waals surface area contributed by atoms with Crippen LogP contribution in [-0.4, -0.2) is 28.8 Å². The minimum atomic E-state index is -1.51. The molecule has 0 fully saturated rings. The fraction of sp³-hybridized carbons (Fsp3) is 0.467. The molecule has 0 radical (unpaired) electrons. The first-order valence-corrected chi connectivity index (χ1v) is 6.38. The molecule has 0 bridgehead atoms. The average Bonchev–Trinajstić information content (AvgIpc) is 2.34. The molecule has 1 aromatic carbocycles. The van der Waals surface area contributed by atoms with Gasteiger partial charge in [-0.25, -0.2) is 4.79 Å². The van der Waals surface area contributed by atoms with Gasteiger partial charge in [-0.1, -0.05) is 30.3 Å². The predicted octanol–water partition coefficient (Wildman–Crippen LogP) is 1.82. The molecule has 0 aliphatic rings. The van der Waals surface area contributed by atoms with Gasteiger partial charge in [-0.3, -0.25) is 4.79 Å². The Morgan fingerprint density at radius 1 is 1.20 bits per heavy atom. The van der Waals surface area contributed by atoms with Gasteiger partial charge in [0.15, 0.2) is 6.10 Å². The van der Waals surface area contributed by atoms with Crippen LogP contribution in [0.25, 0.3) is 0 Å². The molecule has 0 saturated carbocycles. The smallest absolute Gasteiger partial charge is 0.335 e. The third kappa shape index (κ3) is 6.33. The number of hydrogen-bond acceptors (Lipinski definition) is 5. The summed E-state index contributed by atoms with van der Waals surface area (Å²) in [7, 11) is 0. The standard InChI is InChI=1S/C15H20O5/c1-15(2,3)20-13(17)9-12(16)14(18)19-10-11-7-5-4-6-8-11/h4-8,12,16H,9-10H2,1-3H3/t12-/m0/s1. The first-order chi connectivity index (χ1) is 9.28. The fourth-order valence-corrected chi connectivity index (χ4v) is 1.45. The minimum absolute atomic E-state index is 0.0606. The van der Waals surface area contributed by atoms with Crippen molar-refractivity contribution in [1.29, 1.82) is 0 Å². The topological polar surface area (TPSA) is 72.8 Å². The van der Waals surface area contributed by atoms with E-state index in [2.05, 4.69) is 0 Å². The fourth-order valence-electron chi connectivity index (χ4n) is 1.45. The summed E-state index contributed by atoms with van der Waals surface area (Å²) in [5, 5.41) is 9.59. The zero-order chi connectivity index (χ0) is 15.2. The summed E-state index contributed by atoms with van der Waals surface area (Å²) in [6, 6.07) is 9.09. The van der Waals surface area contributed by atoms with Crippen LogP contribution >= 0.6 is 0 Å². The Kier molecular flexibility index (Phi) is 5.70. The number of aliphatic hydroxyl groups excluding tert-OH is 1. The molecule has 0 aliphatic heterocycles. The summed E-state index contributed by atoms with van der Waals surface area (Å²) < 4.78 is 9.94. The minimum Gasteiger partial charge on any atom is -0.460 e. The Hall–Kier alpha value is -1.88. The average molecular weight is 280 g/mol. The first kappa shape index (κ1) is 16.2. The molecule has 1 N–H and O–H groups in total. The molecular weight excluding hydrogens is 260 g/mol. The Morgan fingerprint density at radius 2 is 1.80 bits per heavy atom. The van der Waals surface area contributed by atoms with Gasteiger partial charge >= 0.3 is 11.9 Å². The van der Waals surface area contributed by atoms with Crippen LogP contribution in [0.15, 0.2) is 30.3 Å². The second kappa shape index (κ2) is 7.05. The van der Waals surface area contributed by atoms with Crippen molar-refractivity contribution in [2.75, 3.05) is 0 Å². The van der Waals surface area contributed by atoms with Gasteiger partial charge in [-0.15, -0.1) is 0 Å². The van der Waals surface area contributed by atoms with Crippen LogP contribution < -0.4 is 0 Å². The second-order valence-electron chi connectivity index (χ2n) is 5.40. The molecular formula is C15H20O5. The van der Waals surface area contributed by atoms with Crippen molar-refractivity contribution in [1.82, 2.24) is 0 Å². The van der Waals surface area contributed by atoms with Crippen molar-refractivity contribution in [3.8, 4) is 0 Å². The predicted molar refractivity (Wildman–Crippen MR) is 72.7 cm³/mol. The van der Waals surface area contributed by atoms with Crippen molar-refractivity contribution in [2.24, 2.45) is 0 Å². The van der Waals surface area contributed by atoms with Crippen LogP contribution in [0.4, 0.5) is 0 Å². The maximum atomic E-state index is 11.5. The highest BCUT2D eigenvalue weighted by atomic mass is 16.6. The third-order valence-corrected chi connectivity index (χ3v) is 2.28. The SMILES string of the molecule is CC(C)(C)OC(=O)C[C@H](O)C(=O)OCc1ccccc1. The molecule has 5 nitrogen and oxygen atoms in total. The lowest BCUT2D eigenvalue weighted by atomic mass is 10.2. The van der Waals surface area contributed by atoms with Crippen molar-refractivity contribution in [3.05, 3.63) is 35.9 Å². The van der Waals surface area contributed by atoms with E-state index >= 15 is 0 Å². The van der Waals surface area contributed by atoms with Gasteiger partial charge < -0.3 is 14.6 Å². The summed E-state index contributed by atoms with van der Waals surface area (Å²) >= 11 is 0. The molecule has 1 aromatic rings. The molecule has 0 spiro atoms. The molecule has 0 aliphatic carbocycles. The van der Waals surface area contributed by atoms with Gasteiger partial charge in [0.25, 0.3) is 0 Å². The Morgan fingerprint density at radius 3 is 2.35 bits per heavy atom. The maximum Gasteiger partial charge on any atom is 0.335 e. The van der Waals surface area contributed by atoms with Gasteiger partial charge in [0.1, 0.15) is 12.2 Å². The van der Waals surface area contributed by atoms with E-state index in [1.54, 1.807) is 32.9 Å². The molecule has 0 amide bonds. The molecule has 0 heterocycles. The highest BCUT2D eigenvalue weighted by molar-refractivity contribution is 5.81. The highest BCUT2D eigenvalue weighted by Crippen LogP contribution is 2.10. The molecule has 0 unspecified atom stereocenters. The number of esters is 2. The first-order valence-electron chi connectivity index (χ1n) is 6.38. The van der Waals surface area contributed by atoms with E-state index in [0.717, 1.165) is 5.56 Å². The van der Waals surface area contributed by atoms with Crippen LogP contribution in [0.1, 0.15) is 32.8 Å². The summed E-state index contributed by atoms with van der Waals surface area (Å²) in [6.07, 6.45) is -1.92. The highest BCUT2D eigenvalue weighted by Gasteiger charge is 2.24. The number of carbonyl (C=O) groups is 2. The van der Waals surface area contributed by atoms with E-state index in [9.17, 15) is 14.7 Å². The van der Waals surface area contributed by atoms with Gasteiger partial charge in [0.05, 0.1) is 6.42 Å². The lowest BCUT2D eigenvalue weighted by molar-refractivity contribution is -0.166. The summed E-state index contributed by atoms with van der Waals surface area (Å²) in [5.41, 5.74) is 0.162. The lowest BCUT2D eigenvalue weighted by Gasteiger charge is -2.20. The van der Waals surface area contributed by atoms with Crippen LogP contribution in [0.2, 0.25) is 0 Å². The van der Waals surface area contributed by atoms with E-state index in [-0.39, 0.29) is 6.61 Å². The molecule has 110 valence electrons. The van der Waals surface area contributed by atoms with E-state index in [0.29, 0.717) is 0 Å². The molecule has 1 atom stereocenters. The summed E-state index contributed by atoms with van der Waals surface area (Å²) in [6.45, 7) is 5.20. The van der Waals surface area contributed by atoms with E-state index in [1.807, 2.05) is 18.2 Å². The van der Waals surface area contributed by atoms with E-state index < -0.39 is 30.1 Å². The number of ether oxygens (including phenoxy) is 2. The number of rotatable bonds is 5. The third-order valence-electron chi connectivity index (χ3n) is 2.28. The van der Waals surface area contributed by atoms with Crippen molar-refractivity contribution in [3.63, 3.8) is 0 Å². The molecule has 1 rings (SSSR count). The second-order valence-corrected chi connectivity index (χ2v) is 5.40. The monoisotopic (exact) mass is 280 g/mol. The van der Waals surface area contributed by atoms with Gasteiger partial charge in [0, 0.05) is 0 Å². The Labute approximate surface area is 118 Å². The Balaban J connectivity index is 2.38. The zero-order valence-corrected chi connectivity index (χ0v) is 12.0. The number of hydrogen-bond donors (Lipinski definition) is 1. The van der Waals surface area contributed by atoms with E-state index in [1.165, 1.54) is 0 Å². The van der Waals surface area contributed by atoms with Crippen LogP contribution in [-0.2, 0) is 25.7 Å². The maximum absolute atomic E-state index is 11.5. The largest absolute Gasteiger partial charge is 0.460 e. The van der Waals surface area contributed by atoms with Gasteiger partial charge in [-0.05, 0) is 26.3 Å². The van der Waals surface area contributed by atoms with Gasteiger partial charge in [0.2, 0.25) is 0 Å². The normalized spacial score (nSPS) is 12.6. The summed E-state index contributed by atoms with van der Waals surface area (Å²) in [4.78, 5) is 23.0. The number of aliphatic hydroxyl groups is 1. The van der Waals surface area contributed by atoms with E-state index in [4.69, 9.17) is 9.47 Å². The molecule has 20 heavy (non-hydrogen) atoms. The zero-order valence-electron chi connectivity index (χ0n) is 12.0. The van der Waals surface area contributed by atoms with Crippen LogP contribution in [0.5, 0.6) is 0 Å². The van der Waals surface area contributed by atoms with Crippen molar-refractivity contribution < 1.29 is 24.2 Å². The quantitative estimate of drug-likeness (QED) is 0.833. The molecule has 0 saturated heterocycles. The van der Waals surface area contributed by atoms with Crippen LogP contribution in [0, 0.1) is 0 Å². The van der Waals surface area contributed by atoms with Crippen molar-refractivity contribution in [2.45, 2.75) is 45.5 Å². The lowest BCUT2D eigenvalue weighted by Crippen LogP contribution is -2.30. The molecule has 0 aromatic heterocycles. The number of carbonyl (C=O) groups excluding carboxylic acids is 2. The molecule has 5 heteroatoms. The Bertz CT molecular complexity index is 447.